The predicted molar refractivity (Wildman–Crippen MR) is 140 cm³/mol. The minimum atomic E-state index is -1.96. The van der Waals surface area contributed by atoms with Gasteiger partial charge in [0.1, 0.15) is 65.2 Å². The van der Waals surface area contributed by atoms with Gasteiger partial charge in [-0.05, 0) is 18.2 Å². The average Bonchev–Trinajstić information content (AvgIpc) is 2.97. The molecule has 2 aliphatic heterocycles. The first-order valence-electron chi connectivity index (χ1n) is 13.0. The molecular formula is C27H30O16. The van der Waals surface area contributed by atoms with Crippen LogP contribution >= 0.6 is 0 Å². The lowest BCUT2D eigenvalue weighted by Gasteiger charge is -2.44. The Labute approximate surface area is 241 Å². The van der Waals surface area contributed by atoms with E-state index in [2.05, 4.69) is 0 Å². The fraction of sp³-hybridized carbons (Fsp3) is 0.444. The van der Waals surface area contributed by atoms with Gasteiger partial charge in [-0.2, -0.15) is 0 Å². The first-order chi connectivity index (χ1) is 20.4. The van der Waals surface area contributed by atoms with Crippen molar-refractivity contribution in [3.05, 3.63) is 40.6 Å². The molecule has 0 bridgehead atoms. The molecule has 9 atom stereocenters. The number of aliphatic hydroxyl groups excluding tert-OH is 6. The fourth-order valence-corrected chi connectivity index (χ4v) is 4.87. The zero-order chi connectivity index (χ0) is 31.2. The number of benzene rings is 2. The van der Waals surface area contributed by atoms with Crippen molar-refractivity contribution in [1.29, 1.82) is 0 Å². The third kappa shape index (κ3) is 5.67. The van der Waals surface area contributed by atoms with Crippen LogP contribution < -0.4 is 14.9 Å². The molecule has 16 heteroatoms. The third-order valence-corrected chi connectivity index (χ3v) is 7.16. The summed E-state index contributed by atoms with van der Waals surface area (Å²) in [5, 5.41) is 91.6. The highest BCUT2D eigenvalue weighted by Gasteiger charge is 2.50. The summed E-state index contributed by atoms with van der Waals surface area (Å²) in [6.45, 7) is -1.24. The molecular weight excluding hydrogens is 580 g/mol. The van der Waals surface area contributed by atoms with Gasteiger partial charge in [0, 0.05) is 17.7 Å². The lowest BCUT2D eigenvalue weighted by atomic mass is 9.98. The molecule has 234 valence electrons. The van der Waals surface area contributed by atoms with Crippen LogP contribution in [-0.2, 0) is 14.2 Å². The van der Waals surface area contributed by atoms with Crippen LogP contribution in [0.15, 0.2) is 39.5 Å². The number of aromatic hydroxyl groups is 3. The Hall–Kier alpha value is -3.71. The van der Waals surface area contributed by atoms with Gasteiger partial charge in [-0.15, -0.1) is 0 Å². The fourth-order valence-electron chi connectivity index (χ4n) is 4.87. The third-order valence-electron chi connectivity index (χ3n) is 7.16. The molecule has 1 aromatic heterocycles. The number of ether oxygens (including phenoxy) is 5. The molecule has 2 aliphatic rings. The van der Waals surface area contributed by atoms with Crippen molar-refractivity contribution in [2.75, 3.05) is 20.3 Å². The Morgan fingerprint density at radius 3 is 2.33 bits per heavy atom. The van der Waals surface area contributed by atoms with Crippen LogP contribution in [0.4, 0.5) is 0 Å². The standard InChI is InChI=1S/C27H30O16/c1-38-14-4-9(2-3-11(14)30)23-25(19(34)17-12(31)5-10(29)6-15(17)40-23)43-27-22(37)20(35)24(16(7-28)41-27)42-26-21(36)18(33)13(32)8-39-26/h2-6,13,16,18,20-22,24,26-33,35-37H,7-8H2,1H3/t13-,16-,18+,20-,21-,22-,24-,26+,27-/m0/s1. The summed E-state index contributed by atoms with van der Waals surface area (Å²) in [7, 11) is 1.28. The molecule has 16 nitrogen and oxygen atoms in total. The van der Waals surface area contributed by atoms with Crippen LogP contribution in [0.2, 0.25) is 0 Å². The van der Waals surface area contributed by atoms with Gasteiger partial charge < -0.3 is 74.1 Å². The van der Waals surface area contributed by atoms with Crippen LogP contribution in [0.3, 0.4) is 0 Å². The van der Waals surface area contributed by atoms with Gasteiger partial charge in [-0.1, -0.05) is 0 Å². The number of hydrogen-bond donors (Lipinski definition) is 9. The summed E-state index contributed by atoms with van der Waals surface area (Å²) >= 11 is 0. The normalized spacial score (nSPS) is 31.2. The van der Waals surface area contributed by atoms with E-state index in [1.807, 2.05) is 0 Å². The largest absolute Gasteiger partial charge is 0.508 e. The topological polar surface area (TPSA) is 258 Å². The molecule has 2 fully saturated rings. The molecule has 0 amide bonds. The van der Waals surface area contributed by atoms with Crippen LogP contribution in [0.25, 0.3) is 22.3 Å². The Balaban J connectivity index is 1.51. The Bertz CT molecular complexity index is 1520. The molecule has 0 radical (unpaired) electrons. The van der Waals surface area contributed by atoms with Gasteiger partial charge in [0.05, 0.1) is 20.3 Å². The SMILES string of the molecule is COc1cc(-c2oc3cc(O)cc(O)c3c(=O)c2O[C@@H]2O[C@@H](CO)[C@H](O[C@H]3OC[C@H](O)[C@@H](O)[C@@H]3O)[C@@H](O)[C@@H]2O)ccc1O. The Morgan fingerprint density at radius 2 is 1.63 bits per heavy atom. The summed E-state index contributed by atoms with van der Waals surface area (Å²) < 4.78 is 33.0. The summed E-state index contributed by atoms with van der Waals surface area (Å²) in [6, 6.07) is 5.83. The Kier molecular flexibility index (Phi) is 8.66. The molecule has 3 aromatic rings. The summed E-state index contributed by atoms with van der Waals surface area (Å²) in [5.74, 6) is -2.27. The maximum Gasteiger partial charge on any atom is 0.239 e. The highest BCUT2D eigenvalue weighted by atomic mass is 16.7. The monoisotopic (exact) mass is 610 g/mol. The second-order valence-electron chi connectivity index (χ2n) is 9.99. The number of aliphatic hydroxyl groups is 6. The maximum atomic E-state index is 13.6. The van der Waals surface area contributed by atoms with Crippen molar-refractivity contribution >= 4 is 11.0 Å². The second kappa shape index (κ2) is 12.1. The van der Waals surface area contributed by atoms with Crippen molar-refractivity contribution < 1.29 is 74.1 Å². The zero-order valence-electron chi connectivity index (χ0n) is 22.4. The zero-order valence-corrected chi connectivity index (χ0v) is 22.4. The number of phenolic OH excluding ortho intramolecular Hbond substituents is 3. The van der Waals surface area contributed by atoms with Gasteiger partial charge in [0.2, 0.25) is 17.5 Å². The molecule has 43 heavy (non-hydrogen) atoms. The van der Waals surface area contributed by atoms with E-state index in [-0.39, 0.29) is 28.4 Å². The van der Waals surface area contributed by atoms with Crippen molar-refractivity contribution in [1.82, 2.24) is 0 Å². The Morgan fingerprint density at radius 1 is 0.907 bits per heavy atom. The van der Waals surface area contributed by atoms with Gasteiger partial charge in [-0.3, -0.25) is 4.79 Å². The van der Waals surface area contributed by atoms with Crippen LogP contribution in [0.1, 0.15) is 0 Å². The van der Waals surface area contributed by atoms with E-state index in [0.29, 0.717) is 0 Å². The summed E-state index contributed by atoms with van der Waals surface area (Å²) in [5.41, 5.74) is -1.11. The molecule has 0 aliphatic carbocycles. The molecule has 0 saturated carbocycles. The quantitative estimate of drug-likeness (QED) is 0.143. The molecule has 0 spiro atoms. The van der Waals surface area contributed by atoms with Crippen molar-refractivity contribution in [2.45, 2.75) is 55.3 Å². The minimum Gasteiger partial charge on any atom is -0.508 e. The highest BCUT2D eigenvalue weighted by molar-refractivity contribution is 5.88. The number of hydrogen-bond acceptors (Lipinski definition) is 16. The molecule has 5 rings (SSSR count). The van der Waals surface area contributed by atoms with Gasteiger partial charge in [-0.25, -0.2) is 0 Å². The van der Waals surface area contributed by atoms with E-state index >= 15 is 0 Å². The number of phenols is 3. The molecule has 2 aromatic carbocycles. The molecule has 2 saturated heterocycles. The average molecular weight is 611 g/mol. The molecule has 9 N–H and O–H groups in total. The maximum absolute atomic E-state index is 13.6. The summed E-state index contributed by atoms with van der Waals surface area (Å²) in [6.07, 6.45) is -15.1. The van der Waals surface area contributed by atoms with E-state index in [1.54, 1.807) is 0 Å². The van der Waals surface area contributed by atoms with Gasteiger partial charge >= 0.3 is 0 Å². The van der Waals surface area contributed by atoms with Crippen molar-refractivity contribution in [3.63, 3.8) is 0 Å². The first kappa shape index (κ1) is 30.7. The molecule has 0 unspecified atom stereocenters. The van der Waals surface area contributed by atoms with Crippen molar-refractivity contribution in [2.24, 2.45) is 0 Å². The van der Waals surface area contributed by atoms with Gasteiger partial charge in [0.25, 0.3) is 0 Å². The van der Waals surface area contributed by atoms with E-state index in [1.165, 1.54) is 25.3 Å². The minimum absolute atomic E-state index is 0.0144. The van der Waals surface area contributed by atoms with Gasteiger partial charge in [0.15, 0.2) is 23.5 Å². The smallest absolute Gasteiger partial charge is 0.239 e. The number of fused-ring (bicyclic) bond motifs is 1. The first-order valence-corrected chi connectivity index (χ1v) is 13.0. The molecule has 3 heterocycles. The van der Waals surface area contributed by atoms with E-state index in [9.17, 15) is 50.8 Å². The number of rotatable bonds is 7. The van der Waals surface area contributed by atoms with E-state index in [4.69, 9.17) is 28.1 Å². The van der Waals surface area contributed by atoms with Crippen LogP contribution in [-0.4, -0.2) is 122 Å². The predicted octanol–water partition coefficient (Wildman–Crippen LogP) is -1.77. The lowest BCUT2D eigenvalue weighted by molar-refractivity contribution is -0.339. The lowest BCUT2D eigenvalue weighted by Crippen LogP contribution is -2.63. The van der Waals surface area contributed by atoms with E-state index < -0.39 is 96.6 Å². The summed E-state index contributed by atoms with van der Waals surface area (Å²) in [4.78, 5) is 13.6. The van der Waals surface area contributed by atoms with Crippen LogP contribution in [0, 0.1) is 0 Å². The van der Waals surface area contributed by atoms with Crippen LogP contribution in [0.5, 0.6) is 28.7 Å². The second-order valence-corrected chi connectivity index (χ2v) is 9.99. The van der Waals surface area contributed by atoms with Crippen molar-refractivity contribution in [3.8, 4) is 40.1 Å². The number of methoxy groups -OCH3 is 1. The van der Waals surface area contributed by atoms with E-state index in [0.717, 1.165) is 12.1 Å². The highest BCUT2D eigenvalue weighted by Crippen LogP contribution is 2.40.